The van der Waals surface area contributed by atoms with E-state index in [2.05, 4.69) is 25.9 Å². The first-order chi connectivity index (χ1) is 19.2. The molecule has 222 valence electrons. The summed E-state index contributed by atoms with van der Waals surface area (Å²) in [4.78, 5) is 31.6. The lowest BCUT2D eigenvalue weighted by atomic mass is 10.1. The Morgan fingerprint density at radius 3 is 2.66 bits per heavy atom. The van der Waals surface area contributed by atoms with Gasteiger partial charge in [0.2, 0.25) is 10.5 Å². The average molecular weight is 656 g/mol. The van der Waals surface area contributed by atoms with Crippen molar-refractivity contribution in [2.24, 2.45) is 5.92 Å². The number of carbonyl (C=O) groups excluding carboxylic acids is 2. The summed E-state index contributed by atoms with van der Waals surface area (Å²) in [5.41, 5.74) is 12.4. The summed E-state index contributed by atoms with van der Waals surface area (Å²) >= 11 is 2.93. The van der Waals surface area contributed by atoms with E-state index in [4.69, 9.17) is 25.3 Å². The quantitative estimate of drug-likeness (QED) is 0.190. The number of fused-ring (bicyclic) bond motifs is 1. The van der Waals surface area contributed by atoms with Crippen molar-refractivity contribution >= 4 is 57.9 Å². The Balaban J connectivity index is 1.58. The molecule has 3 heterocycles. The maximum Gasteiger partial charge on any atom is 0.380 e. The predicted octanol–water partition coefficient (Wildman–Crippen LogP) is 3.95. The number of nitrogens with zero attached hydrogens (tertiary/aromatic N) is 3. The molecule has 3 aromatic rings. The van der Waals surface area contributed by atoms with E-state index in [1.165, 1.54) is 24.6 Å². The second-order valence-corrected chi connectivity index (χ2v) is 13.3. The molecule has 4 rings (SSSR count). The van der Waals surface area contributed by atoms with E-state index >= 15 is 4.39 Å². The van der Waals surface area contributed by atoms with Gasteiger partial charge in [-0.3, -0.25) is 9.32 Å². The molecule has 0 radical (unpaired) electrons. The van der Waals surface area contributed by atoms with E-state index in [1.54, 1.807) is 37.3 Å². The predicted molar refractivity (Wildman–Crippen MR) is 153 cm³/mol. The van der Waals surface area contributed by atoms with Gasteiger partial charge < -0.3 is 35.2 Å². The van der Waals surface area contributed by atoms with Crippen LogP contribution in [0.15, 0.2) is 36.5 Å². The minimum atomic E-state index is -4.07. The molecular weight excluding hydrogens is 624 g/mol. The number of anilines is 2. The molecule has 0 spiro atoms. The summed E-state index contributed by atoms with van der Waals surface area (Å²) in [5, 5.41) is 11.3. The Labute approximate surface area is 244 Å². The molecule has 0 aliphatic carbocycles. The summed E-state index contributed by atoms with van der Waals surface area (Å²) in [6, 6.07) is 8.30. The minimum absolute atomic E-state index is 0.0249. The third kappa shape index (κ3) is 6.78. The van der Waals surface area contributed by atoms with Gasteiger partial charge in [-0.15, -0.1) is 0 Å². The van der Waals surface area contributed by atoms with E-state index in [0.717, 1.165) is 0 Å². The van der Waals surface area contributed by atoms with E-state index < -0.39 is 43.1 Å². The lowest BCUT2D eigenvalue weighted by molar-refractivity contribution is -0.120. The summed E-state index contributed by atoms with van der Waals surface area (Å²) in [6.45, 7) is 3.87. The van der Waals surface area contributed by atoms with E-state index in [1.807, 2.05) is 0 Å². The van der Waals surface area contributed by atoms with Crippen molar-refractivity contribution in [3.63, 3.8) is 0 Å². The van der Waals surface area contributed by atoms with E-state index in [9.17, 15) is 19.3 Å². The third-order valence-electron chi connectivity index (χ3n) is 6.83. The highest BCUT2D eigenvalue weighted by molar-refractivity contribution is 9.10. The van der Waals surface area contributed by atoms with Crippen LogP contribution in [0.25, 0.3) is 11.0 Å². The Bertz CT molecular complexity index is 1500. The number of aryl methyl sites for hydroxylation is 1. The Kier molecular flexibility index (Phi) is 9.19. The van der Waals surface area contributed by atoms with Crippen molar-refractivity contribution < 1.29 is 37.4 Å². The Hall–Kier alpha value is -2.90. The highest BCUT2D eigenvalue weighted by Crippen LogP contribution is 2.53. The zero-order valence-corrected chi connectivity index (χ0v) is 25.2. The van der Waals surface area contributed by atoms with Crippen LogP contribution < -0.4 is 16.0 Å². The Morgan fingerprint density at radius 2 is 1.98 bits per heavy atom. The number of hydrogen-bond acceptors (Lipinski definition) is 11. The monoisotopic (exact) mass is 655 g/mol. The molecule has 1 aliphatic heterocycles. The van der Waals surface area contributed by atoms with Crippen LogP contribution in [-0.4, -0.2) is 60.8 Å². The van der Waals surface area contributed by atoms with Crippen LogP contribution in [0, 0.1) is 5.92 Å². The van der Waals surface area contributed by atoms with Gasteiger partial charge in [0.25, 0.3) is 0 Å². The molecule has 0 saturated carbocycles. The largest absolute Gasteiger partial charge is 0.424 e. The summed E-state index contributed by atoms with van der Waals surface area (Å²) in [6.07, 6.45) is -2.75. The van der Waals surface area contributed by atoms with Gasteiger partial charge in [-0.25, -0.2) is 8.96 Å². The van der Waals surface area contributed by atoms with Crippen LogP contribution in [0.1, 0.15) is 39.0 Å². The molecule has 1 fully saturated rings. The molecule has 2 aromatic heterocycles. The number of para-hydroxylation sites is 1. The first-order valence-electron chi connectivity index (χ1n) is 12.8. The number of carbonyl (C=O) groups is 2. The molecule has 1 saturated heterocycles. The maximum atomic E-state index is 15.9. The van der Waals surface area contributed by atoms with Crippen LogP contribution in [0.5, 0.6) is 5.75 Å². The fourth-order valence-electron chi connectivity index (χ4n) is 4.40. The number of rotatable bonds is 12. The topological polar surface area (TPSA) is 182 Å². The summed E-state index contributed by atoms with van der Waals surface area (Å²) in [7, 11) is -4.07. The second-order valence-electron chi connectivity index (χ2n) is 10.1. The molecule has 0 bridgehead atoms. The molecule has 0 amide bonds. The smallest absolute Gasteiger partial charge is 0.380 e. The van der Waals surface area contributed by atoms with Crippen molar-refractivity contribution in [2.45, 2.75) is 56.6 Å². The average Bonchev–Trinajstić information content (AvgIpc) is 3.40. The van der Waals surface area contributed by atoms with Gasteiger partial charge in [0.15, 0.2) is 6.23 Å². The fraction of sp³-hybridized carbons (Fsp3) is 0.462. The Morgan fingerprint density at radius 1 is 1.27 bits per heavy atom. The van der Waals surface area contributed by atoms with Crippen molar-refractivity contribution in [1.29, 1.82) is 0 Å². The van der Waals surface area contributed by atoms with Gasteiger partial charge in [-0.1, -0.05) is 25.1 Å². The molecule has 5 N–H and O–H groups in total. The maximum absolute atomic E-state index is 15.9. The van der Waals surface area contributed by atoms with Crippen LogP contribution in [-0.2, 0) is 29.8 Å². The molecule has 15 heteroatoms. The number of benzene rings is 1. The van der Waals surface area contributed by atoms with Crippen molar-refractivity contribution in [1.82, 2.24) is 14.5 Å². The zero-order chi connectivity index (χ0) is 30.1. The molecule has 2 unspecified atom stereocenters. The summed E-state index contributed by atoms with van der Waals surface area (Å²) in [5.74, 6) is -0.761. The van der Waals surface area contributed by atoms with E-state index in [-0.39, 0.29) is 47.3 Å². The number of halogens is 2. The molecule has 6 atom stereocenters. The van der Waals surface area contributed by atoms with Gasteiger partial charge in [0, 0.05) is 18.5 Å². The number of Topliss-reactive ketones (excluding diaryl/α,β-unsaturated/α-hetero) is 2. The lowest BCUT2D eigenvalue weighted by Crippen LogP contribution is -2.38. The number of aliphatic hydroxyl groups excluding tert-OH is 1. The third-order valence-corrected chi connectivity index (χ3v) is 9.71. The van der Waals surface area contributed by atoms with Gasteiger partial charge in [-0.05, 0) is 53.9 Å². The first kappa shape index (κ1) is 31.0. The highest BCUT2D eigenvalue weighted by Gasteiger charge is 2.57. The standard InChI is InChI=1S/C26H32BrFN5O7P/c1-14(16(3)35)13-41(37,40-19-7-5-4-6-17(19)9-8-15(2)34)38-12-20-21(36)26(27,28)24(39-20)33-11-10-18-22(29)31-25(30)32-23(18)33/h4-7,10-11,14,20-21,24,36H,8-9,12-13H2,1-3H3,(H4,29,30,31,32)/t14-,20-,21+,24-,26?,41?/m1/s1. The number of aliphatic hydroxyl groups is 1. The van der Waals surface area contributed by atoms with Crippen LogP contribution in [0.4, 0.5) is 16.2 Å². The number of ether oxygens (including phenoxy) is 1. The van der Waals surface area contributed by atoms with Gasteiger partial charge in [-0.2, -0.15) is 9.97 Å². The molecule has 12 nitrogen and oxygen atoms in total. The number of nitrogen functional groups attached to an aromatic ring is 2. The molecule has 1 aromatic carbocycles. The first-order valence-corrected chi connectivity index (χ1v) is 15.4. The second kappa shape index (κ2) is 12.1. The molecule has 41 heavy (non-hydrogen) atoms. The minimum Gasteiger partial charge on any atom is -0.424 e. The molecular formula is C26H32BrFN5O7P. The number of nitrogens with two attached hydrogens (primary N) is 2. The molecule has 1 aliphatic rings. The van der Waals surface area contributed by atoms with Crippen LogP contribution >= 0.6 is 23.5 Å². The highest BCUT2D eigenvalue weighted by atomic mass is 79.9. The van der Waals surface area contributed by atoms with Crippen LogP contribution in [0.3, 0.4) is 0 Å². The lowest BCUT2D eigenvalue weighted by Gasteiger charge is -2.25. The SMILES string of the molecule is CC(=O)CCc1ccccc1OP(=O)(C[C@@H](C)C(C)=O)OC[C@H]1O[C@@H](n2ccc3c(N)nc(N)nc32)C(F)(Br)[C@H]1O. The number of hydrogen-bond donors (Lipinski definition) is 3. The zero-order valence-electron chi connectivity index (χ0n) is 22.7. The fourth-order valence-corrected chi connectivity index (χ4v) is 7.03. The van der Waals surface area contributed by atoms with Crippen molar-refractivity contribution in [3.05, 3.63) is 42.1 Å². The van der Waals surface area contributed by atoms with Gasteiger partial charge in [0.1, 0.15) is 41.0 Å². The normalized spacial score (nSPS) is 24.7. The van der Waals surface area contributed by atoms with Crippen molar-refractivity contribution in [2.75, 3.05) is 24.2 Å². The number of alkyl halides is 2. The number of ketones is 2. The van der Waals surface area contributed by atoms with Gasteiger partial charge in [0.05, 0.1) is 18.2 Å². The van der Waals surface area contributed by atoms with Gasteiger partial charge >= 0.3 is 7.60 Å². The van der Waals surface area contributed by atoms with Crippen LogP contribution in [0.2, 0.25) is 0 Å². The van der Waals surface area contributed by atoms with Crippen molar-refractivity contribution in [3.8, 4) is 5.75 Å². The number of aromatic nitrogens is 3. The van der Waals surface area contributed by atoms with E-state index in [0.29, 0.717) is 17.4 Å². The summed E-state index contributed by atoms with van der Waals surface area (Å²) < 4.78 is 46.2.